The molecule has 0 spiro atoms. The molecule has 0 saturated heterocycles. The zero-order chi connectivity index (χ0) is 13.8. The van der Waals surface area contributed by atoms with Crippen molar-refractivity contribution < 1.29 is 4.79 Å². The summed E-state index contributed by atoms with van der Waals surface area (Å²) < 4.78 is 0. The lowest BCUT2D eigenvalue weighted by Gasteiger charge is -2.18. The first-order valence-electron chi connectivity index (χ1n) is 5.99. The summed E-state index contributed by atoms with van der Waals surface area (Å²) in [7, 11) is 1.94. The van der Waals surface area contributed by atoms with Gasteiger partial charge in [0, 0.05) is 30.4 Å². The molecular weight excluding hydrogens is 260 g/mol. The van der Waals surface area contributed by atoms with Crippen molar-refractivity contribution in [2.45, 2.75) is 13.5 Å². The molecule has 1 aromatic heterocycles. The zero-order valence-electron chi connectivity index (χ0n) is 10.9. The van der Waals surface area contributed by atoms with Gasteiger partial charge in [-0.15, -0.1) is 0 Å². The van der Waals surface area contributed by atoms with Gasteiger partial charge in [-0.05, 0) is 36.8 Å². The summed E-state index contributed by atoms with van der Waals surface area (Å²) >= 11 is 5.96. The van der Waals surface area contributed by atoms with Crippen molar-refractivity contribution in [3.8, 4) is 0 Å². The van der Waals surface area contributed by atoms with Gasteiger partial charge >= 0.3 is 0 Å². The molecule has 0 aliphatic heterocycles. The molecule has 0 aliphatic rings. The summed E-state index contributed by atoms with van der Waals surface area (Å²) in [6.45, 7) is 2.24. The maximum atomic E-state index is 11.4. The molecule has 0 radical (unpaired) electrons. The Balaban J connectivity index is 2.18. The standard InChI is InChI=1S/C15H15ClN2O/c1-11(19)13-6-7-17-15(9-13)18(2)10-12-4-3-5-14(16)8-12/h3-9H,10H2,1-2H3. The lowest BCUT2D eigenvalue weighted by molar-refractivity contribution is 0.101. The third kappa shape index (κ3) is 3.55. The van der Waals surface area contributed by atoms with Crippen molar-refractivity contribution in [2.24, 2.45) is 0 Å². The molecule has 0 aliphatic carbocycles. The van der Waals surface area contributed by atoms with E-state index in [1.165, 1.54) is 0 Å². The van der Waals surface area contributed by atoms with Crippen LogP contribution in [0.1, 0.15) is 22.8 Å². The number of ketones is 1. The Morgan fingerprint density at radius 2 is 2.11 bits per heavy atom. The number of carbonyl (C=O) groups is 1. The molecule has 3 nitrogen and oxygen atoms in total. The van der Waals surface area contributed by atoms with Crippen LogP contribution in [0.4, 0.5) is 5.82 Å². The van der Waals surface area contributed by atoms with Gasteiger partial charge in [0.1, 0.15) is 5.82 Å². The van der Waals surface area contributed by atoms with E-state index in [1.807, 2.05) is 36.2 Å². The highest BCUT2D eigenvalue weighted by atomic mass is 35.5. The van der Waals surface area contributed by atoms with E-state index in [9.17, 15) is 4.79 Å². The second-order valence-electron chi connectivity index (χ2n) is 4.44. The summed E-state index contributed by atoms with van der Waals surface area (Å²) in [4.78, 5) is 17.6. The van der Waals surface area contributed by atoms with Gasteiger partial charge in [-0.1, -0.05) is 23.7 Å². The third-order valence-electron chi connectivity index (χ3n) is 2.85. The van der Waals surface area contributed by atoms with Crippen LogP contribution in [0.2, 0.25) is 5.02 Å². The predicted octanol–water partition coefficient (Wildman–Crippen LogP) is 3.57. The van der Waals surface area contributed by atoms with Gasteiger partial charge in [-0.3, -0.25) is 4.79 Å². The number of carbonyl (C=O) groups excluding carboxylic acids is 1. The largest absolute Gasteiger partial charge is 0.355 e. The maximum Gasteiger partial charge on any atom is 0.159 e. The number of aromatic nitrogens is 1. The van der Waals surface area contributed by atoms with Gasteiger partial charge in [-0.2, -0.15) is 0 Å². The number of benzene rings is 1. The number of pyridine rings is 1. The number of Topliss-reactive ketones (excluding diaryl/α,β-unsaturated/α-hetero) is 1. The minimum Gasteiger partial charge on any atom is -0.355 e. The molecule has 1 aromatic carbocycles. The van der Waals surface area contributed by atoms with Crippen molar-refractivity contribution in [2.75, 3.05) is 11.9 Å². The molecule has 0 unspecified atom stereocenters. The van der Waals surface area contributed by atoms with Crippen molar-refractivity contribution in [3.63, 3.8) is 0 Å². The van der Waals surface area contributed by atoms with E-state index in [4.69, 9.17) is 11.6 Å². The van der Waals surface area contributed by atoms with Crippen LogP contribution in [0.3, 0.4) is 0 Å². The average molecular weight is 275 g/mol. The third-order valence-corrected chi connectivity index (χ3v) is 3.09. The average Bonchev–Trinajstić information content (AvgIpc) is 2.39. The summed E-state index contributed by atoms with van der Waals surface area (Å²) in [5, 5.41) is 0.719. The Bertz CT molecular complexity index is 598. The van der Waals surface area contributed by atoms with E-state index in [0.717, 1.165) is 16.4 Å². The summed E-state index contributed by atoms with van der Waals surface area (Å²) in [6, 6.07) is 11.2. The second kappa shape index (κ2) is 5.85. The molecule has 0 bridgehead atoms. The number of rotatable bonds is 4. The Morgan fingerprint density at radius 1 is 1.32 bits per heavy atom. The van der Waals surface area contributed by atoms with Crippen LogP contribution in [-0.2, 0) is 6.54 Å². The first-order chi connectivity index (χ1) is 9.06. The van der Waals surface area contributed by atoms with Gasteiger partial charge in [0.15, 0.2) is 5.78 Å². The first-order valence-corrected chi connectivity index (χ1v) is 6.36. The molecule has 0 saturated carbocycles. The van der Waals surface area contributed by atoms with Crippen LogP contribution in [0, 0.1) is 0 Å². The number of hydrogen-bond acceptors (Lipinski definition) is 3. The predicted molar refractivity (Wildman–Crippen MR) is 77.8 cm³/mol. The molecule has 0 N–H and O–H groups in total. The summed E-state index contributed by atoms with van der Waals surface area (Å²) in [6.07, 6.45) is 1.65. The van der Waals surface area contributed by atoms with Crippen molar-refractivity contribution in [1.29, 1.82) is 0 Å². The Morgan fingerprint density at radius 3 is 2.79 bits per heavy atom. The topological polar surface area (TPSA) is 33.2 Å². The van der Waals surface area contributed by atoms with Crippen LogP contribution in [0.15, 0.2) is 42.6 Å². The molecule has 1 heterocycles. The van der Waals surface area contributed by atoms with E-state index >= 15 is 0 Å². The highest BCUT2D eigenvalue weighted by Crippen LogP contribution is 2.17. The molecule has 19 heavy (non-hydrogen) atoms. The van der Waals surface area contributed by atoms with E-state index in [2.05, 4.69) is 4.98 Å². The highest BCUT2D eigenvalue weighted by molar-refractivity contribution is 6.30. The minimum atomic E-state index is 0.0415. The van der Waals surface area contributed by atoms with Crippen LogP contribution < -0.4 is 4.90 Å². The van der Waals surface area contributed by atoms with Gasteiger partial charge in [0.2, 0.25) is 0 Å². The summed E-state index contributed by atoms with van der Waals surface area (Å²) in [5.41, 5.74) is 1.77. The molecule has 98 valence electrons. The Labute approximate surface area is 117 Å². The molecule has 0 fully saturated rings. The van der Waals surface area contributed by atoms with Crippen molar-refractivity contribution in [1.82, 2.24) is 4.98 Å². The quantitative estimate of drug-likeness (QED) is 0.799. The van der Waals surface area contributed by atoms with Crippen LogP contribution >= 0.6 is 11.6 Å². The minimum absolute atomic E-state index is 0.0415. The maximum absolute atomic E-state index is 11.4. The van der Waals surface area contributed by atoms with Crippen molar-refractivity contribution in [3.05, 3.63) is 58.7 Å². The fourth-order valence-corrected chi connectivity index (χ4v) is 2.05. The second-order valence-corrected chi connectivity index (χ2v) is 4.88. The lowest BCUT2D eigenvalue weighted by atomic mass is 10.2. The van der Waals surface area contributed by atoms with Gasteiger partial charge in [-0.25, -0.2) is 4.98 Å². The monoisotopic (exact) mass is 274 g/mol. The number of anilines is 1. The van der Waals surface area contributed by atoms with E-state index in [-0.39, 0.29) is 5.78 Å². The lowest BCUT2D eigenvalue weighted by Crippen LogP contribution is -2.18. The molecule has 0 amide bonds. The fraction of sp³-hybridized carbons (Fsp3) is 0.200. The molecule has 2 rings (SSSR count). The van der Waals surface area contributed by atoms with Gasteiger partial charge < -0.3 is 4.90 Å². The molecule has 2 aromatic rings. The zero-order valence-corrected chi connectivity index (χ0v) is 11.7. The molecule has 0 atom stereocenters. The van der Waals surface area contributed by atoms with Crippen LogP contribution in [-0.4, -0.2) is 17.8 Å². The Kier molecular flexibility index (Phi) is 4.17. The molecule has 4 heteroatoms. The summed E-state index contributed by atoms with van der Waals surface area (Å²) in [5.74, 6) is 0.812. The smallest absolute Gasteiger partial charge is 0.159 e. The number of halogens is 1. The normalized spacial score (nSPS) is 10.3. The molecular formula is C15H15ClN2O. The van der Waals surface area contributed by atoms with Crippen molar-refractivity contribution >= 4 is 23.2 Å². The highest BCUT2D eigenvalue weighted by Gasteiger charge is 2.07. The van der Waals surface area contributed by atoms with Crippen LogP contribution in [0.25, 0.3) is 0 Å². The number of nitrogens with zero attached hydrogens (tertiary/aromatic N) is 2. The van der Waals surface area contributed by atoms with Crippen LogP contribution in [0.5, 0.6) is 0 Å². The Hall–Kier alpha value is -1.87. The van der Waals surface area contributed by atoms with Gasteiger partial charge in [0.25, 0.3) is 0 Å². The van der Waals surface area contributed by atoms with E-state index in [0.29, 0.717) is 12.1 Å². The fourth-order valence-electron chi connectivity index (χ4n) is 1.84. The van der Waals surface area contributed by atoms with Gasteiger partial charge in [0.05, 0.1) is 0 Å². The number of hydrogen-bond donors (Lipinski definition) is 0. The SMILES string of the molecule is CC(=O)c1ccnc(N(C)Cc2cccc(Cl)c2)c1. The van der Waals surface area contributed by atoms with E-state index < -0.39 is 0 Å². The first kappa shape index (κ1) is 13.6. The van der Waals surface area contributed by atoms with E-state index in [1.54, 1.807) is 25.3 Å².